The summed E-state index contributed by atoms with van der Waals surface area (Å²) in [5.41, 5.74) is -0.0765. The van der Waals surface area contributed by atoms with Gasteiger partial charge in [0, 0.05) is 44.6 Å². The van der Waals surface area contributed by atoms with Crippen molar-refractivity contribution in [2.45, 2.75) is 83.2 Å². The number of unbranched alkanes of at least 4 members (excludes halogenated alkanes) is 9. The third-order valence-corrected chi connectivity index (χ3v) is 6.30. The van der Waals surface area contributed by atoms with E-state index in [1.165, 1.54) is 35.6 Å². The average molecular weight is 538 g/mol. The lowest BCUT2D eigenvalue weighted by Crippen LogP contribution is -2.41. The van der Waals surface area contributed by atoms with Gasteiger partial charge >= 0.3 is 18.3 Å². The van der Waals surface area contributed by atoms with Crippen LogP contribution in [-0.4, -0.2) is 65.6 Å². The Labute approximate surface area is 222 Å². The van der Waals surface area contributed by atoms with Crippen molar-refractivity contribution in [3.05, 3.63) is 34.4 Å². The molecule has 1 saturated heterocycles. The van der Waals surface area contributed by atoms with Crippen LogP contribution < -0.4 is 10.1 Å². The van der Waals surface area contributed by atoms with Crippen molar-refractivity contribution in [2.75, 3.05) is 26.2 Å². The van der Waals surface area contributed by atoms with Crippen molar-refractivity contribution in [3.63, 3.8) is 0 Å². The zero-order valence-electron chi connectivity index (χ0n) is 21.8. The van der Waals surface area contributed by atoms with Gasteiger partial charge < -0.3 is 29.5 Å². The Balaban J connectivity index is 1.32. The van der Waals surface area contributed by atoms with E-state index in [4.69, 9.17) is 19.3 Å². The van der Waals surface area contributed by atoms with Crippen molar-refractivity contribution >= 4 is 24.0 Å². The minimum absolute atomic E-state index is 0.0765. The highest BCUT2D eigenvalue weighted by Gasteiger charge is 2.24. The molecule has 2 rings (SSSR count). The number of hydrogen-bond donors (Lipinski definition) is 2. The Morgan fingerprint density at radius 1 is 0.921 bits per heavy atom. The summed E-state index contributed by atoms with van der Waals surface area (Å²) >= 11 is 0. The van der Waals surface area contributed by atoms with Gasteiger partial charge in [-0.15, -0.1) is 0 Å². The highest BCUT2D eigenvalue weighted by molar-refractivity contribution is 5.67. The Bertz CT molecular complexity index is 871. The molecular weight excluding hydrogens is 498 g/mol. The lowest BCUT2D eigenvalue weighted by atomic mass is 10.1. The van der Waals surface area contributed by atoms with Crippen LogP contribution in [0, 0.1) is 10.1 Å². The van der Waals surface area contributed by atoms with Gasteiger partial charge in [-0.25, -0.2) is 14.4 Å². The number of benzene rings is 1. The number of nitrogens with one attached hydrogen (secondary N) is 1. The summed E-state index contributed by atoms with van der Waals surface area (Å²) < 4.78 is 15.4. The minimum atomic E-state index is -0.931. The van der Waals surface area contributed by atoms with Gasteiger partial charge in [0.2, 0.25) is 0 Å². The van der Waals surface area contributed by atoms with Gasteiger partial charge in [-0.3, -0.25) is 10.1 Å². The van der Waals surface area contributed by atoms with Crippen molar-refractivity contribution in [2.24, 2.45) is 0 Å². The van der Waals surface area contributed by atoms with Gasteiger partial charge in [-0.05, 0) is 25.0 Å². The fourth-order valence-corrected chi connectivity index (χ4v) is 4.11. The highest BCUT2D eigenvalue weighted by Crippen LogP contribution is 2.18. The van der Waals surface area contributed by atoms with E-state index in [1.807, 2.05) is 0 Å². The topological polar surface area (TPSA) is 158 Å². The Hall–Kier alpha value is -3.57. The lowest BCUT2D eigenvalue weighted by Gasteiger charge is -2.29. The number of carbonyl (C=O) groups excluding carboxylic acids is 2. The average Bonchev–Trinajstić information content (AvgIpc) is 2.89. The highest BCUT2D eigenvalue weighted by atomic mass is 16.7. The molecule has 1 aromatic carbocycles. The molecule has 1 aromatic rings. The molecule has 212 valence electrons. The molecule has 0 aliphatic carbocycles. The number of nitro groups is 1. The van der Waals surface area contributed by atoms with E-state index in [2.05, 4.69) is 5.32 Å². The second-order valence-corrected chi connectivity index (χ2v) is 9.29. The van der Waals surface area contributed by atoms with Crippen LogP contribution in [0.15, 0.2) is 24.3 Å². The summed E-state index contributed by atoms with van der Waals surface area (Å²) in [5.74, 6) is 0.200. The number of nitro benzene ring substituents is 1. The van der Waals surface area contributed by atoms with Gasteiger partial charge in [0.1, 0.15) is 11.9 Å². The quantitative estimate of drug-likeness (QED) is 0.0863. The standard InChI is InChI=1S/C26H39N3O9/c30-24(37-23-15-18-28(19-16-23)25(31)32)27-17-9-7-5-3-1-2-4-6-8-10-20-36-26(33)38-22-13-11-21(12-14-22)29(34)35/h11-14,23H,1-10,15-20H2,(H,27,30)(H,31,32). The summed E-state index contributed by atoms with van der Waals surface area (Å²) in [6.45, 7) is 1.64. The third kappa shape index (κ3) is 13.1. The molecule has 12 heteroatoms. The molecule has 1 heterocycles. The van der Waals surface area contributed by atoms with E-state index in [-0.39, 0.29) is 24.1 Å². The smallest absolute Gasteiger partial charge is 0.465 e. The van der Waals surface area contributed by atoms with E-state index in [9.17, 15) is 24.5 Å². The number of alkyl carbamates (subject to hydrolysis) is 1. The molecule has 0 unspecified atom stereocenters. The Morgan fingerprint density at radius 3 is 2.03 bits per heavy atom. The van der Waals surface area contributed by atoms with Crippen LogP contribution in [0.5, 0.6) is 5.75 Å². The molecule has 1 fully saturated rings. The van der Waals surface area contributed by atoms with Gasteiger partial charge in [-0.1, -0.05) is 51.4 Å². The predicted molar refractivity (Wildman–Crippen MR) is 138 cm³/mol. The number of ether oxygens (including phenoxy) is 3. The monoisotopic (exact) mass is 537 g/mol. The van der Waals surface area contributed by atoms with Crippen molar-refractivity contribution in [3.8, 4) is 5.75 Å². The Kier molecular flexibility index (Phi) is 14.4. The molecule has 1 aliphatic rings. The summed E-state index contributed by atoms with van der Waals surface area (Å²) in [7, 11) is 0. The number of nitrogens with zero attached hydrogens (tertiary/aromatic N) is 2. The van der Waals surface area contributed by atoms with Gasteiger partial charge in [0.05, 0.1) is 11.5 Å². The SMILES string of the molecule is O=C(NCCCCCCCCCCCCOC(=O)Oc1ccc([N+](=O)[O-])cc1)OC1CCN(C(=O)O)CC1. The van der Waals surface area contributed by atoms with Crippen LogP contribution in [0.2, 0.25) is 0 Å². The van der Waals surface area contributed by atoms with E-state index in [1.54, 1.807) is 0 Å². The number of likely N-dealkylation sites (tertiary alicyclic amines) is 1. The molecule has 0 atom stereocenters. The van der Waals surface area contributed by atoms with Crippen LogP contribution in [0.1, 0.15) is 77.0 Å². The largest absolute Gasteiger partial charge is 0.513 e. The summed E-state index contributed by atoms with van der Waals surface area (Å²) in [5, 5.41) is 22.3. The summed E-state index contributed by atoms with van der Waals surface area (Å²) in [6.07, 6.45) is 9.16. The van der Waals surface area contributed by atoms with Crippen LogP contribution in [0.25, 0.3) is 0 Å². The molecule has 0 saturated carbocycles. The van der Waals surface area contributed by atoms with Gasteiger partial charge in [0.15, 0.2) is 0 Å². The fraction of sp³-hybridized carbons (Fsp3) is 0.654. The fourth-order valence-electron chi connectivity index (χ4n) is 4.11. The van der Waals surface area contributed by atoms with Crippen molar-refractivity contribution < 1.29 is 38.6 Å². The first-order chi connectivity index (χ1) is 18.3. The molecule has 38 heavy (non-hydrogen) atoms. The van der Waals surface area contributed by atoms with Crippen LogP contribution in [-0.2, 0) is 9.47 Å². The minimum Gasteiger partial charge on any atom is -0.465 e. The van der Waals surface area contributed by atoms with E-state index < -0.39 is 23.3 Å². The molecular formula is C26H39N3O9. The number of carboxylic acid groups (broad SMARTS) is 1. The molecule has 0 bridgehead atoms. The molecule has 2 N–H and O–H groups in total. The number of piperidine rings is 1. The normalized spacial score (nSPS) is 13.5. The number of amides is 2. The summed E-state index contributed by atoms with van der Waals surface area (Å²) in [6, 6.07) is 5.23. The van der Waals surface area contributed by atoms with Gasteiger partial charge in [0.25, 0.3) is 5.69 Å². The number of rotatable bonds is 16. The van der Waals surface area contributed by atoms with E-state index >= 15 is 0 Å². The van der Waals surface area contributed by atoms with Crippen LogP contribution in [0.3, 0.4) is 0 Å². The number of hydrogen-bond acceptors (Lipinski definition) is 8. The lowest BCUT2D eigenvalue weighted by molar-refractivity contribution is -0.384. The van der Waals surface area contributed by atoms with Crippen LogP contribution in [0.4, 0.5) is 20.1 Å². The molecule has 0 aromatic heterocycles. The second kappa shape index (κ2) is 17.8. The van der Waals surface area contributed by atoms with E-state index in [0.717, 1.165) is 57.8 Å². The Morgan fingerprint density at radius 2 is 1.47 bits per heavy atom. The summed E-state index contributed by atoms with van der Waals surface area (Å²) in [4.78, 5) is 45.8. The van der Waals surface area contributed by atoms with Crippen molar-refractivity contribution in [1.82, 2.24) is 10.2 Å². The zero-order chi connectivity index (χ0) is 27.6. The van der Waals surface area contributed by atoms with Gasteiger partial charge in [-0.2, -0.15) is 0 Å². The molecule has 0 radical (unpaired) electrons. The molecule has 2 amide bonds. The maximum Gasteiger partial charge on any atom is 0.513 e. The number of non-ortho nitro benzene ring substituents is 1. The third-order valence-electron chi connectivity index (χ3n) is 6.30. The van der Waals surface area contributed by atoms with Crippen LogP contribution >= 0.6 is 0 Å². The molecule has 1 aliphatic heterocycles. The maximum absolute atomic E-state index is 11.9. The molecule has 0 spiro atoms. The van der Waals surface area contributed by atoms with E-state index in [0.29, 0.717) is 32.5 Å². The first-order valence-electron chi connectivity index (χ1n) is 13.4. The predicted octanol–water partition coefficient (Wildman–Crippen LogP) is 5.88. The zero-order valence-corrected chi connectivity index (χ0v) is 21.8. The van der Waals surface area contributed by atoms with Crippen molar-refractivity contribution in [1.29, 1.82) is 0 Å². The molecule has 12 nitrogen and oxygen atoms in total. The maximum atomic E-state index is 11.9. The first-order valence-corrected chi connectivity index (χ1v) is 13.4. The second-order valence-electron chi connectivity index (χ2n) is 9.29. The first kappa shape index (κ1) is 30.7. The number of carbonyl (C=O) groups is 3.